The Morgan fingerprint density at radius 3 is 2.42 bits per heavy atom. The number of halogens is 3. The summed E-state index contributed by atoms with van der Waals surface area (Å²) in [5.74, 6) is -0.174. The van der Waals surface area contributed by atoms with Crippen LogP contribution in [0.25, 0.3) is 0 Å². The normalized spacial score (nSPS) is 11.2. The number of ether oxygens (including phenoxy) is 1. The summed E-state index contributed by atoms with van der Waals surface area (Å²) >= 11 is 17.7. The third-order valence-corrected chi connectivity index (χ3v) is 4.03. The maximum Gasteiger partial charge on any atom is 0.277 e. The molecule has 0 aliphatic carbocycles. The first-order valence-corrected chi connectivity index (χ1v) is 7.96. The maximum atomic E-state index is 11.8. The van der Waals surface area contributed by atoms with Crippen molar-refractivity contribution in [1.29, 1.82) is 0 Å². The summed E-state index contributed by atoms with van der Waals surface area (Å²) in [6.07, 6.45) is 0. The SMILES string of the molecule is CC(=NNC(=O)COc1cc(Cl)c(Cl)cc1Cl)c1ccc(N)cc1. The van der Waals surface area contributed by atoms with E-state index in [1.54, 1.807) is 19.1 Å². The number of hydrogen-bond donors (Lipinski definition) is 2. The van der Waals surface area contributed by atoms with Crippen molar-refractivity contribution in [2.24, 2.45) is 5.10 Å². The zero-order valence-electron chi connectivity index (χ0n) is 12.6. The van der Waals surface area contributed by atoms with Crippen LogP contribution in [0.1, 0.15) is 12.5 Å². The summed E-state index contributed by atoms with van der Waals surface area (Å²) in [6.45, 7) is 1.50. The lowest BCUT2D eigenvalue weighted by Gasteiger charge is -2.08. The molecule has 0 fully saturated rings. The summed E-state index contributed by atoms with van der Waals surface area (Å²) < 4.78 is 5.32. The number of nitrogens with zero attached hydrogens (tertiary/aromatic N) is 1. The Labute approximate surface area is 154 Å². The number of nitrogen functional groups attached to an aromatic ring is 1. The smallest absolute Gasteiger partial charge is 0.277 e. The average Bonchev–Trinajstić information content (AvgIpc) is 2.55. The van der Waals surface area contributed by atoms with Crippen molar-refractivity contribution in [3.05, 3.63) is 57.0 Å². The molecule has 0 atom stereocenters. The second-order valence-corrected chi connectivity index (χ2v) is 6.06. The van der Waals surface area contributed by atoms with E-state index in [9.17, 15) is 4.79 Å². The molecule has 24 heavy (non-hydrogen) atoms. The van der Waals surface area contributed by atoms with Gasteiger partial charge in [-0.1, -0.05) is 46.9 Å². The molecule has 0 unspecified atom stereocenters. The molecule has 2 rings (SSSR count). The topological polar surface area (TPSA) is 76.7 Å². The molecule has 2 aromatic rings. The number of carbonyl (C=O) groups excluding carboxylic acids is 1. The predicted octanol–water partition coefficient (Wildman–Crippen LogP) is 4.15. The second-order valence-electron chi connectivity index (χ2n) is 4.84. The van der Waals surface area contributed by atoms with Gasteiger partial charge >= 0.3 is 0 Å². The molecule has 0 heterocycles. The van der Waals surface area contributed by atoms with Gasteiger partial charge in [0.25, 0.3) is 5.91 Å². The van der Waals surface area contributed by atoms with Gasteiger partial charge in [0.1, 0.15) is 5.75 Å². The number of carbonyl (C=O) groups is 1. The quantitative estimate of drug-likeness (QED) is 0.351. The molecule has 1 amide bonds. The highest BCUT2D eigenvalue weighted by Gasteiger charge is 2.09. The Kier molecular flexibility index (Phi) is 6.31. The number of benzene rings is 2. The molecule has 0 radical (unpaired) electrons. The van der Waals surface area contributed by atoms with Crippen molar-refractivity contribution in [3.8, 4) is 5.75 Å². The van der Waals surface area contributed by atoms with Crippen molar-refractivity contribution in [2.45, 2.75) is 6.92 Å². The van der Waals surface area contributed by atoms with Crippen LogP contribution in [0, 0.1) is 0 Å². The van der Waals surface area contributed by atoms with Gasteiger partial charge in [0.15, 0.2) is 6.61 Å². The minimum absolute atomic E-state index is 0.263. The van der Waals surface area contributed by atoms with E-state index in [1.165, 1.54) is 12.1 Å². The van der Waals surface area contributed by atoms with E-state index in [2.05, 4.69) is 10.5 Å². The highest BCUT2D eigenvalue weighted by molar-refractivity contribution is 6.43. The summed E-state index contributed by atoms with van der Waals surface area (Å²) in [5.41, 5.74) is 10.2. The van der Waals surface area contributed by atoms with Gasteiger partial charge in [0.2, 0.25) is 0 Å². The van der Waals surface area contributed by atoms with Crippen molar-refractivity contribution < 1.29 is 9.53 Å². The van der Waals surface area contributed by atoms with Crippen LogP contribution in [0.15, 0.2) is 41.5 Å². The van der Waals surface area contributed by atoms with Gasteiger partial charge in [0, 0.05) is 11.8 Å². The van der Waals surface area contributed by atoms with Gasteiger partial charge in [0.05, 0.1) is 20.8 Å². The molecule has 2 aromatic carbocycles. The lowest BCUT2D eigenvalue weighted by molar-refractivity contribution is -0.123. The van der Waals surface area contributed by atoms with E-state index >= 15 is 0 Å². The average molecular weight is 387 g/mol. The zero-order valence-corrected chi connectivity index (χ0v) is 14.9. The van der Waals surface area contributed by atoms with E-state index in [0.717, 1.165) is 5.56 Å². The number of rotatable bonds is 5. The van der Waals surface area contributed by atoms with E-state index in [1.807, 2.05) is 12.1 Å². The van der Waals surface area contributed by atoms with Crippen LogP contribution in [0.2, 0.25) is 15.1 Å². The minimum atomic E-state index is -0.438. The lowest BCUT2D eigenvalue weighted by atomic mass is 10.1. The Morgan fingerprint density at radius 2 is 1.75 bits per heavy atom. The number of amides is 1. The molecular weight excluding hydrogens is 373 g/mol. The summed E-state index contributed by atoms with van der Waals surface area (Å²) in [4.78, 5) is 11.8. The number of anilines is 1. The van der Waals surface area contributed by atoms with Crippen LogP contribution in [-0.4, -0.2) is 18.2 Å². The Bertz CT molecular complexity index is 777. The van der Waals surface area contributed by atoms with Crippen molar-refractivity contribution in [3.63, 3.8) is 0 Å². The van der Waals surface area contributed by atoms with E-state index in [4.69, 9.17) is 45.3 Å². The van der Waals surface area contributed by atoms with E-state index in [0.29, 0.717) is 16.4 Å². The van der Waals surface area contributed by atoms with E-state index in [-0.39, 0.29) is 22.4 Å². The van der Waals surface area contributed by atoms with Crippen molar-refractivity contribution in [1.82, 2.24) is 5.43 Å². The molecular formula is C16H14Cl3N3O2. The molecule has 5 nitrogen and oxygen atoms in total. The first-order chi connectivity index (χ1) is 11.4. The van der Waals surface area contributed by atoms with Crippen molar-refractivity contribution >= 4 is 52.1 Å². The Morgan fingerprint density at radius 1 is 1.12 bits per heavy atom. The molecule has 0 bridgehead atoms. The van der Waals surface area contributed by atoms with Crippen molar-refractivity contribution in [2.75, 3.05) is 12.3 Å². The summed E-state index contributed by atoms with van der Waals surface area (Å²) in [5, 5.41) is 4.86. The number of hydrogen-bond acceptors (Lipinski definition) is 4. The monoisotopic (exact) mass is 385 g/mol. The first-order valence-electron chi connectivity index (χ1n) is 6.83. The maximum absolute atomic E-state index is 11.8. The largest absolute Gasteiger partial charge is 0.482 e. The molecule has 0 aliphatic rings. The molecule has 0 saturated heterocycles. The molecule has 0 aromatic heterocycles. The van der Waals surface area contributed by atoms with Crippen LogP contribution in [0.4, 0.5) is 5.69 Å². The number of nitrogens with one attached hydrogen (secondary N) is 1. The van der Waals surface area contributed by atoms with Gasteiger partial charge < -0.3 is 10.5 Å². The molecule has 0 spiro atoms. The molecule has 0 aliphatic heterocycles. The summed E-state index contributed by atoms with van der Waals surface area (Å²) in [6, 6.07) is 10.0. The molecule has 8 heteroatoms. The third-order valence-electron chi connectivity index (χ3n) is 3.01. The van der Waals surface area contributed by atoms with Crippen LogP contribution in [0.5, 0.6) is 5.75 Å². The second kappa shape index (κ2) is 8.24. The van der Waals surface area contributed by atoms with Crippen LogP contribution < -0.4 is 15.9 Å². The third kappa shape index (κ3) is 5.03. The lowest BCUT2D eigenvalue weighted by Crippen LogP contribution is -2.25. The zero-order chi connectivity index (χ0) is 17.7. The van der Waals surface area contributed by atoms with E-state index < -0.39 is 5.91 Å². The molecule has 126 valence electrons. The number of hydrazone groups is 1. The highest BCUT2D eigenvalue weighted by atomic mass is 35.5. The van der Waals surface area contributed by atoms with Crippen LogP contribution in [-0.2, 0) is 4.79 Å². The number of nitrogens with two attached hydrogens (primary N) is 1. The molecule has 3 N–H and O–H groups in total. The van der Waals surface area contributed by atoms with Crippen LogP contribution in [0.3, 0.4) is 0 Å². The molecule has 0 saturated carbocycles. The fourth-order valence-corrected chi connectivity index (χ4v) is 2.32. The fourth-order valence-electron chi connectivity index (χ4n) is 1.73. The van der Waals surface area contributed by atoms with Gasteiger partial charge in [-0.3, -0.25) is 4.79 Å². The fraction of sp³-hybridized carbons (Fsp3) is 0.125. The minimum Gasteiger partial charge on any atom is -0.482 e. The van der Waals surface area contributed by atoms with Gasteiger partial charge in [-0.15, -0.1) is 0 Å². The van der Waals surface area contributed by atoms with Crippen LogP contribution >= 0.6 is 34.8 Å². The van der Waals surface area contributed by atoms with Gasteiger partial charge in [-0.05, 0) is 30.7 Å². The summed E-state index contributed by atoms with van der Waals surface area (Å²) in [7, 11) is 0. The Hall–Kier alpha value is -1.95. The van der Waals surface area contributed by atoms with Gasteiger partial charge in [-0.2, -0.15) is 5.10 Å². The standard InChI is InChI=1S/C16H14Cl3N3O2/c1-9(10-2-4-11(20)5-3-10)21-22-16(23)8-24-15-7-13(18)12(17)6-14(15)19/h2-7H,8,20H2,1H3,(H,22,23). The first kappa shape index (κ1) is 18.4. The highest BCUT2D eigenvalue weighted by Crippen LogP contribution is 2.33. The predicted molar refractivity (Wildman–Crippen MR) is 98.2 cm³/mol. The van der Waals surface area contributed by atoms with Gasteiger partial charge in [-0.25, -0.2) is 5.43 Å². The Balaban J connectivity index is 1.93.